The van der Waals surface area contributed by atoms with Gasteiger partial charge >= 0.3 is 11.9 Å². The molecular weight excluding hydrogens is 616 g/mol. The van der Waals surface area contributed by atoms with E-state index in [1.165, 1.54) is 5.57 Å². The van der Waals surface area contributed by atoms with Crippen molar-refractivity contribution >= 4 is 35.3 Å². The highest BCUT2D eigenvalue weighted by atomic mass is 16.5. The fraction of sp³-hybridized carbons (Fsp3) is 0.784. The van der Waals surface area contributed by atoms with Crippen molar-refractivity contribution in [3.63, 3.8) is 0 Å². The van der Waals surface area contributed by atoms with Crippen LogP contribution in [0, 0.1) is 34.5 Å². The summed E-state index contributed by atoms with van der Waals surface area (Å²) in [7, 11) is 0. The van der Waals surface area contributed by atoms with Crippen molar-refractivity contribution in [2.45, 2.75) is 136 Å². The number of hydrogen-bond donors (Lipinski definition) is 4. The SMILES string of the molecule is CC[C@@H](C)[C@@H](NC(=O)CCCCCNC(=O)CCC(=O)OCC(=O)[C@@]1(O)CC[C@H]2[C@@H]3CCC4=CC(=O)CC[C@]4(C)[C@@H]3CC[C@@]21C)C(=O)O. The molecule has 3 saturated carbocycles. The molecule has 0 unspecified atom stereocenters. The number of unbranched alkanes of at least 4 members (excludes halogenated alkanes) is 2. The summed E-state index contributed by atoms with van der Waals surface area (Å²) in [4.78, 5) is 73.7. The van der Waals surface area contributed by atoms with Crippen molar-refractivity contribution in [1.82, 2.24) is 10.6 Å². The molecule has 0 aromatic carbocycles. The van der Waals surface area contributed by atoms with Gasteiger partial charge in [0.05, 0.1) is 6.42 Å². The number of esters is 1. The first-order valence-electron chi connectivity index (χ1n) is 18.1. The van der Waals surface area contributed by atoms with Gasteiger partial charge < -0.3 is 25.6 Å². The fourth-order valence-electron chi connectivity index (χ4n) is 9.42. The number of fused-ring (bicyclic) bond motifs is 5. The molecule has 8 atom stereocenters. The summed E-state index contributed by atoms with van der Waals surface area (Å²) in [6.07, 6.45) is 10.3. The van der Waals surface area contributed by atoms with E-state index < -0.39 is 41.4 Å². The molecule has 2 amide bonds. The number of hydrogen-bond acceptors (Lipinski definition) is 8. The van der Waals surface area contributed by atoms with Crippen LogP contribution < -0.4 is 10.6 Å². The third-order valence-corrected chi connectivity index (χ3v) is 12.7. The van der Waals surface area contributed by atoms with Crippen molar-refractivity contribution in [2.75, 3.05) is 13.2 Å². The Labute approximate surface area is 284 Å². The number of amides is 2. The summed E-state index contributed by atoms with van der Waals surface area (Å²) in [6.45, 7) is 7.85. The van der Waals surface area contributed by atoms with Crippen molar-refractivity contribution in [3.05, 3.63) is 11.6 Å². The summed E-state index contributed by atoms with van der Waals surface area (Å²) in [5, 5.41) is 26.5. The van der Waals surface area contributed by atoms with Crippen LogP contribution in [0.5, 0.6) is 0 Å². The van der Waals surface area contributed by atoms with Crippen molar-refractivity contribution in [2.24, 2.45) is 34.5 Å². The van der Waals surface area contributed by atoms with Crippen LogP contribution in [-0.4, -0.2) is 70.3 Å². The van der Waals surface area contributed by atoms with Crippen LogP contribution >= 0.6 is 0 Å². The molecule has 11 nitrogen and oxygen atoms in total. The maximum absolute atomic E-state index is 13.4. The van der Waals surface area contributed by atoms with Gasteiger partial charge in [-0.25, -0.2) is 4.79 Å². The van der Waals surface area contributed by atoms with E-state index >= 15 is 0 Å². The topological polar surface area (TPSA) is 176 Å². The van der Waals surface area contributed by atoms with Crippen LogP contribution in [0.25, 0.3) is 0 Å². The quantitative estimate of drug-likeness (QED) is 0.136. The highest BCUT2D eigenvalue weighted by Gasteiger charge is 2.66. The van der Waals surface area contributed by atoms with Crippen LogP contribution in [0.2, 0.25) is 0 Å². The minimum atomic E-state index is -1.56. The molecule has 0 bridgehead atoms. The second-order valence-corrected chi connectivity index (χ2v) is 15.3. The second kappa shape index (κ2) is 15.6. The van der Waals surface area contributed by atoms with Gasteiger partial charge in [0.2, 0.25) is 17.6 Å². The number of ether oxygens (including phenoxy) is 1. The predicted octanol–water partition coefficient (Wildman–Crippen LogP) is 4.43. The third-order valence-electron chi connectivity index (χ3n) is 12.7. The number of aliphatic carboxylic acids is 1. The zero-order chi connectivity index (χ0) is 35.3. The first kappa shape index (κ1) is 37.7. The molecule has 0 heterocycles. The van der Waals surface area contributed by atoms with Crippen molar-refractivity contribution < 1.29 is 43.7 Å². The zero-order valence-electron chi connectivity index (χ0n) is 29.2. The monoisotopic (exact) mass is 672 g/mol. The highest BCUT2D eigenvalue weighted by molar-refractivity contribution is 5.92. The zero-order valence-corrected chi connectivity index (χ0v) is 29.2. The number of Topliss-reactive ketones (excluding diaryl/α,β-unsaturated/α-hetero) is 1. The number of carbonyl (C=O) groups is 6. The van der Waals surface area contributed by atoms with E-state index in [0.29, 0.717) is 63.3 Å². The Morgan fingerprint density at radius 2 is 1.67 bits per heavy atom. The number of rotatable bonds is 16. The Morgan fingerprint density at radius 3 is 2.38 bits per heavy atom. The van der Waals surface area contributed by atoms with E-state index in [-0.39, 0.29) is 54.1 Å². The predicted molar refractivity (Wildman–Crippen MR) is 177 cm³/mol. The fourth-order valence-corrected chi connectivity index (χ4v) is 9.42. The lowest BCUT2D eigenvalue weighted by molar-refractivity contribution is -0.170. The molecule has 4 aliphatic rings. The molecule has 0 aliphatic heterocycles. The molecule has 0 aromatic rings. The Bertz CT molecular complexity index is 1300. The van der Waals surface area contributed by atoms with E-state index in [4.69, 9.17) is 4.74 Å². The van der Waals surface area contributed by atoms with Crippen LogP contribution in [0.1, 0.15) is 124 Å². The molecule has 11 heteroatoms. The molecule has 3 fully saturated rings. The van der Waals surface area contributed by atoms with Gasteiger partial charge in [0.15, 0.2) is 12.4 Å². The maximum Gasteiger partial charge on any atom is 0.326 e. The molecule has 4 rings (SSSR count). The van der Waals surface area contributed by atoms with Gasteiger partial charge in [0.1, 0.15) is 11.6 Å². The minimum Gasteiger partial charge on any atom is -0.480 e. The van der Waals surface area contributed by atoms with Crippen LogP contribution in [0.3, 0.4) is 0 Å². The van der Waals surface area contributed by atoms with E-state index in [1.807, 2.05) is 19.9 Å². The van der Waals surface area contributed by atoms with Gasteiger partial charge in [-0.15, -0.1) is 0 Å². The van der Waals surface area contributed by atoms with Gasteiger partial charge in [0, 0.05) is 31.2 Å². The lowest BCUT2D eigenvalue weighted by Gasteiger charge is -2.58. The minimum absolute atomic E-state index is 0.00454. The highest BCUT2D eigenvalue weighted by Crippen LogP contribution is 2.67. The second-order valence-electron chi connectivity index (χ2n) is 15.3. The van der Waals surface area contributed by atoms with E-state index in [0.717, 1.165) is 32.1 Å². The van der Waals surface area contributed by atoms with Gasteiger partial charge in [-0.1, -0.05) is 46.1 Å². The van der Waals surface area contributed by atoms with Gasteiger partial charge in [-0.2, -0.15) is 0 Å². The number of carbonyl (C=O) groups excluding carboxylic acids is 5. The number of carboxylic acids is 1. The van der Waals surface area contributed by atoms with E-state index in [9.17, 15) is 39.0 Å². The molecule has 0 aromatic heterocycles. The van der Waals surface area contributed by atoms with E-state index in [2.05, 4.69) is 17.6 Å². The number of allylic oxidation sites excluding steroid dienone is 1. The molecule has 0 saturated heterocycles. The standard InChI is InChI=1S/C37H56N2O9/c1-5-23(2)33(34(45)46)39-31(43)9-7-6-8-20-38-30(42)12-13-32(44)48-22-29(41)37(47)19-16-28-26-11-10-24-21-25(40)14-17-35(24,3)27(26)15-18-36(28,37)4/h21,23,26-28,33,47H,5-20,22H2,1-4H3,(H,38,42)(H,39,43)(H,45,46)/t23-,26-,27-,28+,33-,35+,36+,37+/m1/s1. The van der Waals surface area contributed by atoms with Crippen molar-refractivity contribution in [1.29, 1.82) is 0 Å². The largest absolute Gasteiger partial charge is 0.480 e. The Kier molecular flexibility index (Phi) is 12.3. The smallest absolute Gasteiger partial charge is 0.326 e. The molecule has 0 spiro atoms. The Morgan fingerprint density at radius 1 is 0.938 bits per heavy atom. The first-order chi connectivity index (χ1) is 22.7. The number of aliphatic hydroxyl groups is 1. The number of nitrogens with one attached hydrogen (secondary N) is 2. The molecule has 48 heavy (non-hydrogen) atoms. The molecule has 4 aliphatic carbocycles. The van der Waals surface area contributed by atoms with Crippen LogP contribution in [0.15, 0.2) is 11.6 Å². The molecular formula is C37H56N2O9. The number of ketones is 2. The van der Waals surface area contributed by atoms with Crippen LogP contribution in [0.4, 0.5) is 0 Å². The Hall–Kier alpha value is -3.08. The molecule has 268 valence electrons. The third kappa shape index (κ3) is 7.87. The molecule has 0 radical (unpaired) electrons. The summed E-state index contributed by atoms with van der Waals surface area (Å²) in [5.74, 6) is -1.75. The summed E-state index contributed by atoms with van der Waals surface area (Å²) in [6, 6.07) is -0.904. The summed E-state index contributed by atoms with van der Waals surface area (Å²) < 4.78 is 5.26. The van der Waals surface area contributed by atoms with Gasteiger partial charge in [-0.3, -0.25) is 24.0 Å². The number of carboxylic acid groups (broad SMARTS) is 1. The summed E-state index contributed by atoms with van der Waals surface area (Å²) >= 11 is 0. The van der Waals surface area contributed by atoms with E-state index in [1.54, 1.807) is 6.92 Å². The normalized spacial score (nSPS) is 32.1. The Balaban J connectivity index is 1.14. The van der Waals surface area contributed by atoms with Gasteiger partial charge in [-0.05, 0) is 93.0 Å². The summed E-state index contributed by atoms with van der Waals surface area (Å²) in [5.41, 5.74) is -0.879. The lowest BCUT2D eigenvalue weighted by atomic mass is 9.46. The van der Waals surface area contributed by atoms with Gasteiger partial charge in [0.25, 0.3) is 0 Å². The average Bonchev–Trinajstić information content (AvgIpc) is 3.33. The lowest BCUT2D eigenvalue weighted by Crippen LogP contribution is -2.58. The van der Waals surface area contributed by atoms with Crippen LogP contribution in [-0.2, 0) is 33.5 Å². The van der Waals surface area contributed by atoms with Crippen molar-refractivity contribution in [3.8, 4) is 0 Å². The molecule has 4 N–H and O–H groups in total. The maximum atomic E-state index is 13.4. The average molecular weight is 673 g/mol. The first-order valence-corrected chi connectivity index (χ1v) is 18.1.